The lowest BCUT2D eigenvalue weighted by molar-refractivity contribution is 0.564. The van der Waals surface area contributed by atoms with Crippen LogP contribution in [0.15, 0.2) is 22.6 Å². The number of nitrogen functional groups attached to an aromatic ring is 1. The number of hydrogen-bond acceptors (Lipinski definition) is 5. The number of benzene rings is 1. The molecule has 1 aromatic carbocycles. The zero-order valence-corrected chi connectivity index (χ0v) is 9.97. The molecule has 1 aliphatic carbocycles. The highest BCUT2D eigenvalue weighted by Gasteiger charge is 2.31. The van der Waals surface area contributed by atoms with Gasteiger partial charge in [-0.3, -0.25) is 0 Å². The van der Waals surface area contributed by atoms with Crippen molar-refractivity contribution >= 4 is 22.8 Å². The number of hydrogen-bond donors (Lipinski definition) is 1. The number of rotatable bonds is 4. The van der Waals surface area contributed by atoms with E-state index in [4.69, 9.17) is 15.4 Å². The second kappa shape index (κ2) is 4.22. The third-order valence-corrected chi connectivity index (χ3v) is 3.10. The first kappa shape index (κ1) is 10.9. The molecule has 0 atom stereocenters. The fourth-order valence-corrected chi connectivity index (χ4v) is 2.05. The maximum Gasteiger partial charge on any atom is 0.298 e. The topological polar surface area (TPSA) is 79.1 Å². The van der Waals surface area contributed by atoms with Crippen LogP contribution in [0.5, 0.6) is 0 Å². The van der Waals surface area contributed by atoms with Crippen molar-refractivity contribution in [3.63, 3.8) is 0 Å². The van der Waals surface area contributed by atoms with Crippen LogP contribution in [-0.2, 0) is 0 Å². The molecule has 0 amide bonds. The van der Waals surface area contributed by atoms with Crippen molar-refractivity contribution in [2.24, 2.45) is 0 Å². The van der Waals surface area contributed by atoms with Gasteiger partial charge in [-0.25, -0.2) is 0 Å². The SMILES string of the molecule is N#CCCN(c1nc2cc(N)ccc2o1)C1CC1. The summed E-state index contributed by atoms with van der Waals surface area (Å²) in [5.41, 5.74) is 7.91. The van der Waals surface area contributed by atoms with Crippen molar-refractivity contribution in [3.8, 4) is 6.07 Å². The molecule has 2 N–H and O–H groups in total. The van der Waals surface area contributed by atoms with Crippen molar-refractivity contribution in [1.82, 2.24) is 4.98 Å². The van der Waals surface area contributed by atoms with Gasteiger partial charge in [-0.2, -0.15) is 10.2 Å². The molecule has 18 heavy (non-hydrogen) atoms. The van der Waals surface area contributed by atoms with Crippen LogP contribution in [0.1, 0.15) is 19.3 Å². The van der Waals surface area contributed by atoms with Gasteiger partial charge in [0.25, 0.3) is 6.01 Å². The highest BCUT2D eigenvalue weighted by Crippen LogP contribution is 2.33. The highest BCUT2D eigenvalue weighted by molar-refractivity contribution is 5.78. The summed E-state index contributed by atoms with van der Waals surface area (Å²) in [5, 5.41) is 8.70. The number of fused-ring (bicyclic) bond motifs is 1. The van der Waals surface area contributed by atoms with Crippen LogP contribution < -0.4 is 10.6 Å². The predicted molar refractivity (Wildman–Crippen MR) is 69.0 cm³/mol. The summed E-state index contributed by atoms with van der Waals surface area (Å²) in [7, 11) is 0. The van der Waals surface area contributed by atoms with E-state index in [1.807, 2.05) is 6.07 Å². The summed E-state index contributed by atoms with van der Waals surface area (Å²) in [4.78, 5) is 6.54. The Morgan fingerprint density at radius 1 is 1.50 bits per heavy atom. The quantitative estimate of drug-likeness (QED) is 0.832. The van der Waals surface area contributed by atoms with E-state index in [-0.39, 0.29) is 0 Å². The normalized spacial score (nSPS) is 14.6. The van der Waals surface area contributed by atoms with Gasteiger partial charge in [-0.15, -0.1) is 0 Å². The molecule has 0 radical (unpaired) electrons. The number of nitrogens with two attached hydrogens (primary N) is 1. The van der Waals surface area contributed by atoms with Crippen molar-refractivity contribution in [2.45, 2.75) is 25.3 Å². The average molecular weight is 242 g/mol. The van der Waals surface area contributed by atoms with Crippen LogP contribution in [0, 0.1) is 11.3 Å². The molecular formula is C13H14N4O. The number of aromatic nitrogens is 1. The number of anilines is 2. The van der Waals surface area contributed by atoms with E-state index < -0.39 is 0 Å². The fourth-order valence-electron chi connectivity index (χ4n) is 2.05. The van der Waals surface area contributed by atoms with Crippen molar-refractivity contribution < 1.29 is 4.42 Å². The Hall–Kier alpha value is -2.22. The third-order valence-electron chi connectivity index (χ3n) is 3.10. The molecule has 0 unspecified atom stereocenters. The molecule has 0 bridgehead atoms. The smallest absolute Gasteiger partial charge is 0.298 e. The van der Waals surface area contributed by atoms with Crippen LogP contribution in [0.4, 0.5) is 11.7 Å². The first-order valence-corrected chi connectivity index (χ1v) is 6.07. The lowest BCUT2D eigenvalue weighted by Crippen LogP contribution is -2.26. The van der Waals surface area contributed by atoms with E-state index in [1.54, 1.807) is 12.1 Å². The van der Waals surface area contributed by atoms with Crippen LogP contribution >= 0.6 is 0 Å². The van der Waals surface area contributed by atoms with Gasteiger partial charge in [0.1, 0.15) is 5.52 Å². The Labute approximate surface area is 105 Å². The van der Waals surface area contributed by atoms with Gasteiger partial charge in [0.2, 0.25) is 0 Å². The maximum absolute atomic E-state index is 8.70. The zero-order chi connectivity index (χ0) is 12.5. The first-order valence-electron chi connectivity index (χ1n) is 6.07. The molecule has 5 nitrogen and oxygen atoms in total. The Bertz CT molecular complexity index is 609. The molecular weight excluding hydrogens is 228 g/mol. The first-order chi connectivity index (χ1) is 8.78. The van der Waals surface area contributed by atoms with E-state index in [2.05, 4.69) is 16.0 Å². The average Bonchev–Trinajstić information content (AvgIpc) is 3.10. The zero-order valence-electron chi connectivity index (χ0n) is 9.97. The molecule has 1 fully saturated rings. The lowest BCUT2D eigenvalue weighted by atomic mass is 10.3. The van der Waals surface area contributed by atoms with Gasteiger partial charge in [0.05, 0.1) is 12.5 Å². The summed E-state index contributed by atoms with van der Waals surface area (Å²) in [6.07, 6.45) is 2.77. The van der Waals surface area contributed by atoms with Crippen LogP contribution in [-0.4, -0.2) is 17.6 Å². The highest BCUT2D eigenvalue weighted by atomic mass is 16.4. The molecule has 92 valence electrons. The molecule has 0 saturated heterocycles. The summed E-state index contributed by atoms with van der Waals surface area (Å²) in [5.74, 6) is 0. The molecule has 1 aromatic heterocycles. The Morgan fingerprint density at radius 2 is 2.33 bits per heavy atom. The van der Waals surface area contributed by atoms with Gasteiger partial charge in [0.15, 0.2) is 5.58 Å². The maximum atomic E-state index is 8.70. The van der Waals surface area contributed by atoms with Gasteiger partial charge in [-0.05, 0) is 31.0 Å². The molecule has 1 heterocycles. The van der Waals surface area contributed by atoms with E-state index in [9.17, 15) is 0 Å². The minimum atomic E-state index is 0.476. The van der Waals surface area contributed by atoms with E-state index in [1.165, 1.54) is 0 Å². The van der Waals surface area contributed by atoms with E-state index >= 15 is 0 Å². The van der Waals surface area contributed by atoms with Crippen LogP contribution in [0.2, 0.25) is 0 Å². The molecule has 0 aliphatic heterocycles. The third kappa shape index (κ3) is 1.97. The molecule has 1 saturated carbocycles. The molecule has 2 aromatic rings. The Morgan fingerprint density at radius 3 is 3.06 bits per heavy atom. The summed E-state index contributed by atoms with van der Waals surface area (Å²) >= 11 is 0. The van der Waals surface area contributed by atoms with Gasteiger partial charge >= 0.3 is 0 Å². The molecule has 0 spiro atoms. The minimum absolute atomic E-state index is 0.476. The Kier molecular flexibility index (Phi) is 2.56. The standard InChI is InChI=1S/C13H14N4O/c14-6-1-7-17(10-3-4-10)13-16-11-8-9(15)2-5-12(11)18-13/h2,5,8,10H,1,3-4,7,15H2. The van der Waals surface area contributed by atoms with Crippen LogP contribution in [0.3, 0.4) is 0 Å². The van der Waals surface area contributed by atoms with Crippen molar-refractivity contribution in [3.05, 3.63) is 18.2 Å². The molecule has 5 heteroatoms. The summed E-state index contributed by atoms with van der Waals surface area (Å²) in [6, 6.07) is 8.68. The number of nitrogens with zero attached hydrogens (tertiary/aromatic N) is 3. The second-order valence-corrected chi connectivity index (χ2v) is 4.56. The Balaban J connectivity index is 1.93. The molecule has 1 aliphatic rings. The molecule has 3 rings (SSSR count). The number of nitriles is 1. The van der Waals surface area contributed by atoms with E-state index in [0.717, 1.165) is 23.9 Å². The van der Waals surface area contributed by atoms with E-state index in [0.29, 0.717) is 30.7 Å². The lowest BCUT2D eigenvalue weighted by Gasteiger charge is -2.17. The van der Waals surface area contributed by atoms with Gasteiger partial charge in [0, 0.05) is 18.3 Å². The van der Waals surface area contributed by atoms with Gasteiger partial charge < -0.3 is 15.1 Å². The summed E-state index contributed by atoms with van der Waals surface area (Å²) < 4.78 is 5.73. The van der Waals surface area contributed by atoms with Crippen molar-refractivity contribution in [1.29, 1.82) is 5.26 Å². The largest absolute Gasteiger partial charge is 0.423 e. The van der Waals surface area contributed by atoms with Crippen molar-refractivity contribution in [2.75, 3.05) is 17.2 Å². The van der Waals surface area contributed by atoms with Gasteiger partial charge in [-0.1, -0.05) is 0 Å². The second-order valence-electron chi connectivity index (χ2n) is 4.56. The fraction of sp³-hybridized carbons (Fsp3) is 0.385. The predicted octanol–water partition coefficient (Wildman–Crippen LogP) is 2.29. The minimum Gasteiger partial charge on any atom is -0.423 e. The van der Waals surface area contributed by atoms with Crippen LogP contribution in [0.25, 0.3) is 11.1 Å². The monoisotopic (exact) mass is 242 g/mol. The number of oxazole rings is 1. The summed E-state index contributed by atoms with van der Waals surface area (Å²) in [6.45, 7) is 0.670.